The predicted molar refractivity (Wildman–Crippen MR) is 100 cm³/mol. The van der Waals surface area contributed by atoms with Crippen molar-refractivity contribution in [1.82, 2.24) is 15.0 Å². The van der Waals surface area contributed by atoms with Crippen LogP contribution in [0.15, 0.2) is 48.5 Å². The van der Waals surface area contributed by atoms with Gasteiger partial charge in [-0.05, 0) is 48.9 Å². The van der Waals surface area contributed by atoms with Gasteiger partial charge in [0.15, 0.2) is 5.69 Å². The first-order chi connectivity index (χ1) is 13.2. The highest BCUT2D eigenvalue weighted by atomic mass is 16.5. The van der Waals surface area contributed by atoms with Crippen molar-refractivity contribution in [2.45, 2.75) is 13.5 Å². The molecule has 0 N–H and O–H groups in total. The zero-order valence-electron chi connectivity index (χ0n) is 15.5. The summed E-state index contributed by atoms with van der Waals surface area (Å²) in [4.78, 5) is 12.6. The molecule has 0 aliphatic heterocycles. The lowest BCUT2D eigenvalue weighted by Crippen LogP contribution is -2.15. The number of carbonyl (C=O) groups is 1. The lowest BCUT2D eigenvalue weighted by atomic mass is 10.1. The van der Waals surface area contributed by atoms with Crippen molar-refractivity contribution in [2.24, 2.45) is 0 Å². The van der Waals surface area contributed by atoms with E-state index in [4.69, 9.17) is 14.2 Å². The minimum Gasteiger partial charge on any atom is -0.497 e. The number of nitrogens with zero attached hydrogens (tertiary/aromatic N) is 3. The summed E-state index contributed by atoms with van der Waals surface area (Å²) in [5.41, 5.74) is 2.52. The van der Waals surface area contributed by atoms with Crippen LogP contribution in [0, 0.1) is 0 Å². The molecule has 140 valence electrons. The van der Waals surface area contributed by atoms with Gasteiger partial charge in [0.1, 0.15) is 17.2 Å². The summed E-state index contributed by atoms with van der Waals surface area (Å²) in [6, 6.07) is 14.9. The minimum absolute atomic E-state index is 0.272. The van der Waals surface area contributed by atoms with E-state index in [2.05, 4.69) is 10.3 Å². The second-order valence-electron chi connectivity index (χ2n) is 5.74. The number of esters is 1. The molecule has 3 aromatic rings. The van der Waals surface area contributed by atoms with Crippen LogP contribution >= 0.6 is 0 Å². The molecule has 0 amide bonds. The van der Waals surface area contributed by atoms with Crippen LogP contribution in [0.3, 0.4) is 0 Å². The van der Waals surface area contributed by atoms with E-state index in [1.807, 2.05) is 48.5 Å². The molecule has 0 radical (unpaired) electrons. The molecule has 2 aromatic carbocycles. The first-order valence-corrected chi connectivity index (χ1v) is 8.54. The van der Waals surface area contributed by atoms with Gasteiger partial charge in [0.25, 0.3) is 0 Å². The van der Waals surface area contributed by atoms with Gasteiger partial charge >= 0.3 is 5.97 Å². The number of benzene rings is 2. The van der Waals surface area contributed by atoms with Crippen LogP contribution in [0.2, 0.25) is 0 Å². The largest absolute Gasteiger partial charge is 0.497 e. The monoisotopic (exact) mass is 367 g/mol. The van der Waals surface area contributed by atoms with Gasteiger partial charge < -0.3 is 14.2 Å². The van der Waals surface area contributed by atoms with Crippen LogP contribution < -0.4 is 9.47 Å². The third-order valence-corrected chi connectivity index (χ3v) is 4.06. The van der Waals surface area contributed by atoms with Gasteiger partial charge in [-0.15, -0.1) is 5.10 Å². The Hall–Kier alpha value is -3.35. The molecule has 0 unspecified atom stereocenters. The van der Waals surface area contributed by atoms with Crippen LogP contribution in [-0.2, 0) is 11.3 Å². The van der Waals surface area contributed by atoms with Crippen molar-refractivity contribution in [1.29, 1.82) is 0 Å². The van der Waals surface area contributed by atoms with Gasteiger partial charge in [-0.2, -0.15) is 0 Å². The Bertz CT molecular complexity index is 902. The molecule has 0 bridgehead atoms. The fraction of sp³-hybridized carbons (Fsp3) is 0.250. The van der Waals surface area contributed by atoms with Crippen molar-refractivity contribution in [3.05, 3.63) is 59.8 Å². The Morgan fingerprint density at radius 3 is 2.11 bits per heavy atom. The number of hydrogen-bond donors (Lipinski definition) is 0. The van der Waals surface area contributed by atoms with Gasteiger partial charge in [-0.25, -0.2) is 9.48 Å². The van der Waals surface area contributed by atoms with E-state index >= 15 is 0 Å². The van der Waals surface area contributed by atoms with E-state index in [-0.39, 0.29) is 6.61 Å². The number of ether oxygens (including phenoxy) is 3. The maximum atomic E-state index is 12.6. The highest BCUT2D eigenvalue weighted by molar-refractivity contribution is 5.94. The lowest BCUT2D eigenvalue weighted by molar-refractivity contribution is 0.0513. The minimum atomic E-state index is -0.457. The van der Waals surface area contributed by atoms with Crippen molar-refractivity contribution in [2.75, 3.05) is 20.8 Å². The highest BCUT2D eigenvalue weighted by Gasteiger charge is 2.23. The Morgan fingerprint density at radius 1 is 0.963 bits per heavy atom. The average molecular weight is 367 g/mol. The van der Waals surface area contributed by atoms with Crippen LogP contribution in [-0.4, -0.2) is 41.8 Å². The quantitative estimate of drug-likeness (QED) is 0.597. The third kappa shape index (κ3) is 4.08. The molecule has 0 fully saturated rings. The third-order valence-electron chi connectivity index (χ3n) is 4.06. The van der Waals surface area contributed by atoms with Crippen molar-refractivity contribution in [3.8, 4) is 22.8 Å². The normalized spacial score (nSPS) is 10.5. The molecule has 0 atom stereocenters. The maximum Gasteiger partial charge on any atom is 0.358 e. The van der Waals surface area contributed by atoms with E-state index in [9.17, 15) is 4.79 Å². The van der Waals surface area contributed by atoms with Crippen molar-refractivity contribution < 1.29 is 19.0 Å². The topological polar surface area (TPSA) is 75.5 Å². The fourth-order valence-corrected chi connectivity index (χ4v) is 2.67. The second-order valence-corrected chi connectivity index (χ2v) is 5.74. The summed E-state index contributed by atoms with van der Waals surface area (Å²) in [6.45, 7) is 2.43. The van der Waals surface area contributed by atoms with Gasteiger partial charge in [0.05, 0.1) is 27.4 Å². The smallest absolute Gasteiger partial charge is 0.358 e. The number of methoxy groups -OCH3 is 2. The molecule has 1 heterocycles. The number of rotatable bonds is 7. The summed E-state index contributed by atoms with van der Waals surface area (Å²) in [5.74, 6) is 1.03. The molecule has 3 rings (SSSR count). The maximum absolute atomic E-state index is 12.6. The van der Waals surface area contributed by atoms with E-state index in [0.29, 0.717) is 17.9 Å². The summed E-state index contributed by atoms with van der Waals surface area (Å²) in [6.07, 6.45) is 0. The number of hydrogen-bond acceptors (Lipinski definition) is 6. The first-order valence-electron chi connectivity index (χ1n) is 8.54. The van der Waals surface area contributed by atoms with Gasteiger partial charge in [0, 0.05) is 5.56 Å². The van der Waals surface area contributed by atoms with Gasteiger partial charge in [-0.3, -0.25) is 0 Å². The molecule has 0 saturated carbocycles. The highest BCUT2D eigenvalue weighted by Crippen LogP contribution is 2.25. The molecule has 7 nitrogen and oxygen atoms in total. The Kier molecular flexibility index (Phi) is 5.71. The molecular formula is C20H21N3O4. The van der Waals surface area contributed by atoms with Crippen molar-refractivity contribution >= 4 is 5.97 Å². The van der Waals surface area contributed by atoms with E-state index < -0.39 is 5.97 Å². The molecule has 0 aliphatic carbocycles. The van der Waals surface area contributed by atoms with Crippen LogP contribution in [0.4, 0.5) is 0 Å². The molecular weight excluding hydrogens is 346 g/mol. The van der Waals surface area contributed by atoms with Gasteiger partial charge in [-0.1, -0.05) is 17.3 Å². The van der Waals surface area contributed by atoms with E-state index in [1.165, 1.54) is 0 Å². The average Bonchev–Trinajstić information content (AvgIpc) is 3.12. The number of carbonyl (C=O) groups excluding carboxylic acids is 1. The zero-order chi connectivity index (χ0) is 19.2. The zero-order valence-corrected chi connectivity index (χ0v) is 15.5. The van der Waals surface area contributed by atoms with Crippen LogP contribution in [0.1, 0.15) is 23.0 Å². The van der Waals surface area contributed by atoms with E-state index in [0.717, 1.165) is 22.6 Å². The van der Waals surface area contributed by atoms with E-state index in [1.54, 1.807) is 25.8 Å². The molecule has 0 saturated heterocycles. The second kappa shape index (κ2) is 8.35. The molecule has 27 heavy (non-hydrogen) atoms. The molecule has 1 aromatic heterocycles. The Balaban J connectivity index is 1.97. The molecule has 7 heteroatoms. The first kappa shape index (κ1) is 18.4. The SMILES string of the molecule is CCOC(=O)c1c(-c2ccc(OC)cc2)nnn1Cc1ccc(OC)cc1. The molecule has 0 aliphatic rings. The summed E-state index contributed by atoms with van der Waals surface area (Å²) < 4.78 is 17.1. The summed E-state index contributed by atoms with van der Waals surface area (Å²) in [5, 5.41) is 8.40. The molecule has 0 spiro atoms. The number of aromatic nitrogens is 3. The van der Waals surface area contributed by atoms with Crippen LogP contribution in [0.25, 0.3) is 11.3 Å². The standard InChI is InChI=1S/C20H21N3O4/c1-4-27-20(24)19-18(15-7-11-17(26-3)12-8-15)21-22-23(19)13-14-5-9-16(25-2)10-6-14/h5-12H,4,13H2,1-3H3. The Labute approximate surface area is 157 Å². The predicted octanol–water partition coefficient (Wildman–Crippen LogP) is 3.19. The summed E-state index contributed by atoms with van der Waals surface area (Å²) in [7, 11) is 3.22. The van der Waals surface area contributed by atoms with Crippen molar-refractivity contribution in [3.63, 3.8) is 0 Å². The summed E-state index contributed by atoms with van der Waals surface area (Å²) >= 11 is 0. The van der Waals surface area contributed by atoms with Gasteiger partial charge in [0.2, 0.25) is 0 Å². The van der Waals surface area contributed by atoms with Crippen LogP contribution in [0.5, 0.6) is 11.5 Å². The Morgan fingerprint density at radius 2 is 1.56 bits per heavy atom. The fourth-order valence-electron chi connectivity index (χ4n) is 2.67. The lowest BCUT2D eigenvalue weighted by Gasteiger charge is -2.09.